The van der Waals surface area contributed by atoms with Crippen molar-refractivity contribution < 1.29 is 14.3 Å². The Hall–Kier alpha value is -0.830. The summed E-state index contributed by atoms with van der Waals surface area (Å²) in [6.07, 6.45) is 3.27. The Kier molecular flexibility index (Phi) is 3.48. The summed E-state index contributed by atoms with van der Waals surface area (Å²) in [6.45, 7) is 4.69. The van der Waals surface area contributed by atoms with Gasteiger partial charge in [-0.15, -0.1) is 0 Å². The van der Waals surface area contributed by atoms with Crippen LogP contribution in [0.4, 0.5) is 0 Å². The molecule has 0 amide bonds. The van der Waals surface area contributed by atoms with Crippen LogP contribution in [0.1, 0.15) is 20.3 Å². The van der Waals surface area contributed by atoms with E-state index in [1.54, 1.807) is 6.92 Å². The van der Waals surface area contributed by atoms with Gasteiger partial charge in [0.05, 0.1) is 19.8 Å². The molecular weight excluding hydrogens is 168 g/mol. The molecule has 1 heterocycles. The van der Waals surface area contributed by atoms with Crippen LogP contribution in [0.3, 0.4) is 0 Å². The third kappa shape index (κ3) is 2.84. The van der Waals surface area contributed by atoms with Gasteiger partial charge in [0.25, 0.3) is 0 Å². The van der Waals surface area contributed by atoms with E-state index < -0.39 is 0 Å². The molecule has 2 atom stereocenters. The number of methoxy groups -OCH3 is 1. The van der Waals surface area contributed by atoms with Gasteiger partial charge in [-0.05, 0) is 13.3 Å². The molecule has 3 nitrogen and oxygen atoms in total. The molecule has 0 aliphatic carbocycles. The lowest BCUT2D eigenvalue weighted by Gasteiger charge is -2.07. The summed E-state index contributed by atoms with van der Waals surface area (Å²) in [5, 5.41) is 0. The first-order valence-corrected chi connectivity index (χ1v) is 4.57. The van der Waals surface area contributed by atoms with Crippen molar-refractivity contribution >= 4 is 5.97 Å². The molecule has 1 aliphatic heterocycles. The van der Waals surface area contributed by atoms with Crippen LogP contribution in [0.25, 0.3) is 0 Å². The van der Waals surface area contributed by atoms with Crippen LogP contribution in [0.5, 0.6) is 0 Å². The van der Waals surface area contributed by atoms with Crippen molar-refractivity contribution in [3.8, 4) is 0 Å². The molecule has 0 aromatic rings. The standard InChI is InChI=1S/C10H16O3/c1-4-8(9-6-13-9)5-7(2)10(11)12-3/h5,8-9H,4,6H2,1-3H3. The highest BCUT2D eigenvalue weighted by molar-refractivity contribution is 5.87. The average Bonchev–Trinajstić information content (AvgIpc) is 2.95. The van der Waals surface area contributed by atoms with Crippen molar-refractivity contribution in [2.75, 3.05) is 13.7 Å². The maximum absolute atomic E-state index is 11.1. The molecule has 1 rings (SSSR count). The maximum atomic E-state index is 11.1. The molecule has 0 spiro atoms. The predicted molar refractivity (Wildman–Crippen MR) is 49.3 cm³/mol. The minimum atomic E-state index is -0.251. The number of epoxide rings is 1. The van der Waals surface area contributed by atoms with Crippen LogP contribution in [0, 0.1) is 5.92 Å². The third-order valence-corrected chi connectivity index (χ3v) is 2.28. The van der Waals surface area contributed by atoms with E-state index in [9.17, 15) is 4.79 Å². The first-order valence-electron chi connectivity index (χ1n) is 4.57. The van der Waals surface area contributed by atoms with Crippen molar-refractivity contribution in [3.05, 3.63) is 11.6 Å². The van der Waals surface area contributed by atoms with Crippen molar-refractivity contribution in [2.45, 2.75) is 26.4 Å². The minimum absolute atomic E-state index is 0.251. The molecule has 0 N–H and O–H groups in total. The molecule has 13 heavy (non-hydrogen) atoms. The molecule has 0 aromatic carbocycles. The van der Waals surface area contributed by atoms with Gasteiger partial charge in [-0.2, -0.15) is 0 Å². The highest BCUT2D eigenvalue weighted by Gasteiger charge is 2.30. The number of carbonyl (C=O) groups is 1. The fraction of sp³-hybridized carbons (Fsp3) is 0.700. The fourth-order valence-corrected chi connectivity index (χ4v) is 1.34. The van der Waals surface area contributed by atoms with Gasteiger partial charge in [0.2, 0.25) is 0 Å². The Morgan fingerprint density at radius 1 is 1.77 bits per heavy atom. The van der Waals surface area contributed by atoms with Gasteiger partial charge in [-0.25, -0.2) is 4.79 Å². The van der Waals surface area contributed by atoms with E-state index in [2.05, 4.69) is 11.7 Å². The maximum Gasteiger partial charge on any atom is 0.333 e. The highest BCUT2D eigenvalue weighted by atomic mass is 16.6. The number of carbonyl (C=O) groups excluding carboxylic acids is 1. The van der Waals surface area contributed by atoms with Gasteiger partial charge in [0, 0.05) is 11.5 Å². The number of ether oxygens (including phenoxy) is 2. The van der Waals surface area contributed by atoms with Crippen molar-refractivity contribution in [1.82, 2.24) is 0 Å². The second-order valence-corrected chi connectivity index (χ2v) is 3.29. The Balaban J connectivity index is 2.54. The van der Waals surface area contributed by atoms with E-state index in [4.69, 9.17) is 4.74 Å². The van der Waals surface area contributed by atoms with Gasteiger partial charge in [-0.1, -0.05) is 13.0 Å². The van der Waals surface area contributed by atoms with Crippen LogP contribution < -0.4 is 0 Å². The zero-order valence-electron chi connectivity index (χ0n) is 8.37. The van der Waals surface area contributed by atoms with Crippen molar-refractivity contribution in [2.24, 2.45) is 5.92 Å². The number of hydrogen-bond donors (Lipinski definition) is 0. The van der Waals surface area contributed by atoms with E-state index in [0.717, 1.165) is 13.0 Å². The summed E-state index contributed by atoms with van der Waals surface area (Å²) >= 11 is 0. The summed E-state index contributed by atoms with van der Waals surface area (Å²) < 4.78 is 9.79. The molecule has 1 aliphatic rings. The number of hydrogen-bond acceptors (Lipinski definition) is 3. The summed E-state index contributed by atoms with van der Waals surface area (Å²) in [7, 11) is 1.40. The molecular formula is C10H16O3. The molecule has 2 unspecified atom stereocenters. The van der Waals surface area contributed by atoms with Gasteiger partial charge in [-0.3, -0.25) is 0 Å². The topological polar surface area (TPSA) is 38.8 Å². The highest BCUT2D eigenvalue weighted by Crippen LogP contribution is 2.25. The smallest absolute Gasteiger partial charge is 0.333 e. The molecule has 74 valence electrons. The lowest BCUT2D eigenvalue weighted by Crippen LogP contribution is -2.08. The SMILES string of the molecule is CCC(C=C(C)C(=O)OC)C1CO1. The molecule has 0 aromatic heterocycles. The molecule has 1 saturated heterocycles. The second-order valence-electron chi connectivity index (χ2n) is 3.29. The lowest BCUT2D eigenvalue weighted by atomic mass is 10.00. The molecule has 0 saturated carbocycles. The van der Waals surface area contributed by atoms with Gasteiger partial charge in [0.1, 0.15) is 0 Å². The van der Waals surface area contributed by atoms with E-state index in [1.807, 2.05) is 6.08 Å². The summed E-state index contributed by atoms with van der Waals surface area (Å²) in [5.41, 5.74) is 0.671. The van der Waals surface area contributed by atoms with Gasteiger partial charge in [0.15, 0.2) is 0 Å². The zero-order valence-corrected chi connectivity index (χ0v) is 8.37. The number of rotatable bonds is 4. The van der Waals surface area contributed by atoms with Crippen LogP contribution in [-0.4, -0.2) is 25.8 Å². The van der Waals surface area contributed by atoms with E-state index >= 15 is 0 Å². The Bertz CT molecular complexity index is 216. The van der Waals surface area contributed by atoms with E-state index in [0.29, 0.717) is 17.6 Å². The third-order valence-electron chi connectivity index (χ3n) is 2.28. The normalized spacial score (nSPS) is 23.9. The molecule has 1 fully saturated rings. The number of esters is 1. The predicted octanol–water partition coefficient (Wildman–Crippen LogP) is 1.53. The van der Waals surface area contributed by atoms with Gasteiger partial charge < -0.3 is 9.47 Å². The van der Waals surface area contributed by atoms with Crippen LogP contribution in [0.15, 0.2) is 11.6 Å². The summed E-state index contributed by atoms with van der Waals surface area (Å²) in [5.74, 6) is 0.109. The minimum Gasteiger partial charge on any atom is -0.466 e. The zero-order chi connectivity index (χ0) is 9.84. The summed E-state index contributed by atoms with van der Waals surface area (Å²) in [6, 6.07) is 0. The molecule has 3 heteroatoms. The Morgan fingerprint density at radius 2 is 2.38 bits per heavy atom. The molecule has 0 radical (unpaired) electrons. The van der Waals surface area contributed by atoms with Crippen LogP contribution >= 0.6 is 0 Å². The quantitative estimate of drug-likeness (QED) is 0.378. The Labute approximate surface area is 78.7 Å². The largest absolute Gasteiger partial charge is 0.466 e. The van der Waals surface area contributed by atoms with Crippen LogP contribution in [0.2, 0.25) is 0 Å². The van der Waals surface area contributed by atoms with Crippen molar-refractivity contribution in [3.63, 3.8) is 0 Å². The van der Waals surface area contributed by atoms with E-state index in [1.165, 1.54) is 7.11 Å². The Morgan fingerprint density at radius 3 is 2.77 bits per heavy atom. The second kappa shape index (κ2) is 4.42. The van der Waals surface area contributed by atoms with Crippen LogP contribution in [-0.2, 0) is 14.3 Å². The first-order chi connectivity index (χ1) is 6.19. The first kappa shape index (κ1) is 10.3. The van der Waals surface area contributed by atoms with Crippen molar-refractivity contribution in [1.29, 1.82) is 0 Å². The molecule has 0 bridgehead atoms. The van der Waals surface area contributed by atoms with E-state index in [-0.39, 0.29) is 5.97 Å². The monoisotopic (exact) mass is 184 g/mol. The summed E-state index contributed by atoms with van der Waals surface area (Å²) in [4.78, 5) is 11.1. The van der Waals surface area contributed by atoms with Gasteiger partial charge >= 0.3 is 5.97 Å². The average molecular weight is 184 g/mol. The lowest BCUT2D eigenvalue weighted by molar-refractivity contribution is -0.136. The fourth-order valence-electron chi connectivity index (χ4n) is 1.34.